The van der Waals surface area contributed by atoms with Gasteiger partial charge in [0.25, 0.3) is 0 Å². The number of carbonyl (C=O) groups is 3. The van der Waals surface area contributed by atoms with Crippen LogP contribution in [-0.4, -0.2) is 17.6 Å². The Morgan fingerprint density at radius 1 is 0.806 bits per heavy atom. The lowest BCUT2D eigenvalue weighted by molar-refractivity contribution is -0.123. The minimum atomic E-state index is -0.562. The summed E-state index contributed by atoms with van der Waals surface area (Å²) in [4.78, 5) is 40.6. The van der Waals surface area contributed by atoms with Crippen LogP contribution in [0.15, 0.2) is 72.8 Å². The molecule has 3 aromatic carbocycles. The predicted molar refractivity (Wildman–Crippen MR) is 117 cm³/mol. The molecular weight excluding hydrogens is 386 g/mol. The van der Waals surface area contributed by atoms with Gasteiger partial charge >= 0.3 is 0 Å². The average molecular weight is 407 g/mol. The van der Waals surface area contributed by atoms with Crippen LogP contribution in [0, 0.1) is 11.8 Å². The first-order valence-corrected chi connectivity index (χ1v) is 10.6. The third kappa shape index (κ3) is 2.12. The summed E-state index contributed by atoms with van der Waals surface area (Å²) < 4.78 is 0. The van der Waals surface area contributed by atoms with Crippen LogP contribution in [0.3, 0.4) is 0 Å². The van der Waals surface area contributed by atoms with Crippen LogP contribution in [0.1, 0.15) is 52.4 Å². The molecule has 0 aromatic heterocycles. The molecule has 31 heavy (non-hydrogen) atoms. The van der Waals surface area contributed by atoms with E-state index in [2.05, 4.69) is 31.2 Å². The second-order valence-electron chi connectivity index (χ2n) is 8.97. The highest BCUT2D eigenvalue weighted by molar-refractivity contribution is 6.23. The minimum Gasteiger partial charge on any atom is -0.295 e. The Hall–Kier alpha value is -3.53. The number of imide groups is 1. The lowest BCUT2D eigenvalue weighted by atomic mass is 9.48. The number of hydrogen-bond acceptors (Lipinski definition) is 3. The molecule has 152 valence electrons. The number of ketones is 1. The zero-order valence-corrected chi connectivity index (χ0v) is 17.3. The van der Waals surface area contributed by atoms with Crippen molar-refractivity contribution in [1.82, 2.24) is 0 Å². The highest BCUT2D eigenvalue weighted by Gasteiger charge is 2.66. The standard InChI is InChI=1S/C27H21NO3/c1-15(29)16-11-13-17(14-12-16)28-25(30)23-22-18-7-3-5-9-20(18)27(2,24(23)26(28)31)21-10-6-4-8-19(21)22/h3-14,22-24H,1-2H3. The fraction of sp³-hybridized carbons (Fsp3) is 0.222. The summed E-state index contributed by atoms with van der Waals surface area (Å²) in [6.45, 7) is 3.62. The number of benzene rings is 3. The van der Waals surface area contributed by atoms with Gasteiger partial charge in [-0.1, -0.05) is 55.5 Å². The van der Waals surface area contributed by atoms with E-state index < -0.39 is 17.3 Å². The van der Waals surface area contributed by atoms with Crippen LogP contribution in [0.25, 0.3) is 0 Å². The van der Waals surface area contributed by atoms with E-state index in [-0.39, 0.29) is 23.5 Å². The second kappa shape index (κ2) is 6.01. The third-order valence-corrected chi connectivity index (χ3v) is 7.57. The van der Waals surface area contributed by atoms with Crippen molar-refractivity contribution in [3.05, 3.63) is 101 Å². The van der Waals surface area contributed by atoms with E-state index in [4.69, 9.17) is 0 Å². The van der Waals surface area contributed by atoms with E-state index in [0.29, 0.717) is 11.3 Å². The Morgan fingerprint density at radius 2 is 1.35 bits per heavy atom. The van der Waals surface area contributed by atoms with Crippen LogP contribution in [0.5, 0.6) is 0 Å². The van der Waals surface area contributed by atoms with Crippen LogP contribution < -0.4 is 4.90 Å². The summed E-state index contributed by atoms with van der Waals surface area (Å²) in [5.41, 5.74) is 5.13. The number of amides is 2. The molecule has 4 heteroatoms. The highest BCUT2D eigenvalue weighted by atomic mass is 16.2. The number of anilines is 1. The van der Waals surface area contributed by atoms with Gasteiger partial charge in [-0.15, -0.1) is 0 Å². The molecule has 1 heterocycles. The lowest BCUT2D eigenvalue weighted by Gasteiger charge is -2.52. The monoisotopic (exact) mass is 407 g/mol. The molecule has 3 aromatic rings. The first-order valence-electron chi connectivity index (χ1n) is 10.6. The van der Waals surface area contributed by atoms with Crippen LogP contribution in [-0.2, 0) is 15.0 Å². The lowest BCUT2D eigenvalue weighted by Crippen LogP contribution is -2.51. The number of carbonyl (C=O) groups excluding carboxylic acids is 3. The molecule has 4 aliphatic rings. The molecule has 2 unspecified atom stereocenters. The van der Waals surface area contributed by atoms with E-state index >= 15 is 0 Å². The molecule has 1 saturated heterocycles. The van der Waals surface area contributed by atoms with Crippen LogP contribution >= 0.6 is 0 Å². The fourth-order valence-corrected chi connectivity index (χ4v) is 6.25. The molecule has 2 atom stereocenters. The molecule has 2 bridgehead atoms. The highest BCUT2D eigenvalue weighted by Crippen LogP contribution is 2.64. The molecule has 0 spiro atoms. The summed E-state index contributed by atoms with van der Waals surface area (Å²) >= 11 is 0. The molecule has 1 aliphatic heterocycles. The molecule has 3 aliphatic carbocycles. The van der Waals surface area contributed by atoms with E-state index in [0.717, 1.165) is 22.3 Å². The number of nitrogens with zero attached hydrogens (tertiary/aromatic N) is 1. The largest absolute Gasteiger partial charge is 0.295 e. The van der Waals surface area contributed by atoms with Gasteiger partial charge in [0.05, 0.1) is 17.5 Å². The molecule has 7 rings (SSSR count). The molecule has 2 amide bonds. The topological polar surface area (TPSA) is 54.5 Å². The summed E-state index contributed by atoms with van der Waals surface area (Å²) in [6, 6.07) is 23.2. The summed E-state index contributed by atoms with van der Waals surface area (Å²) in [6.07, 6.45) is 0. The normalized spacial score (nSPS) is 27.7. The Morgan fingerprint density at radius 3 is 1.90 bits per heavy atom. The van der Waals surface area contributed by atoms with Gasteiger partial charge in [0, 0.05) is 16.9 Å². The first kappa shape index (κ1) is 18.3. The molecule has 1 fully saturated rings. The number of Topliss-reactive ketones (excluding diaryl/α,β-unsaturated/α-hetero) is 1. The summed E-state index contributed by atoms with van der Waals surface area (Å²) in [5, 5.41) is 0. The molecule has 0 N–H and O–H groups in total. The van der Waals surface area contributed by atoms with Crippen molar-refractivity contribution in [1.29, 1.82) is 0 Å². The van der Waals surface area contributed by atoms with Crippen molar-refractivity contribution in [3.8, 4) is 0 Å². The van der Waals surface area contributed by atoms with Gasteiger partial charge in [0.15, 0.2) is 5.78 Å². The number of rotatable bonds is 2. The zero-order chi connectivity index (χ0) is 21.5. The molecule has 4 nitrogen and oxygen atoms in total. The van der Waals surface area contributed by atoms with Crippen LogP contribution in [0.4, 0.5) is 5.69 Å². The molecule has 0 saturated carbocycles. The van der Waals surface area contributed by atoms with Crippen LogP contribution in [0.2, 0.25) is 0 Å². The van der Waals surface area contributed by atoms with Crippen molar-refractivity contribution in [2.24, 2.45) is 11.8 Å². The van der Waals surface area contributed by atoms with Gasteiger partial charge in [0.2, 0.25) is 11.8 Å². The van der Waals surface area contributed by atoms with E-state index in [1.165, 1.54) is 11.8 Å². The maximum absolute atomic E-state index is 13.8. The SMILES string of the molecule is CC(=O)c1ccc(N2C(=O)C3C4c5ccccc5C(C)(c5ccccc54)C3C2=O)cc1. The minimum absolute atomic E-state index is 0.0456. The van der Waals surface area contributed by atoms with E-state index in [9.17, 15) is 14.4 Å². The summed E-state index contributed by atoms with van der Waals surface area (Å²) in [5.74, 6) is -1.34. The Kier molecular flexibility index (Phi) is 3.54. The molecule has 0 radical (unpaired) electrons. The van der Waals surface area contributed by atoms with Gasteiger partial charge in [-0.2, -0.15) is 0 Å². The third-order valence-electron chi connectivity index (χ3n) is 7.57. The maximum atomic E-state index is 13.8. The van der Waals surface area contributed by atoms with Crippen molar-refractivity contribution >= 4 is 23.3 Å². The second-order valence-corrected chi connectivity index (χ2v) is 8.97. The Balaban J connectivity index is 1.55. The van der Waals surface area contributed by atoms with Gasteiger partial charge in [-0.3, -0.25) is 14.4 Å². The summed E-state index contributed by atoms with van der Waals surface area (Å²) in [7, 11) is 0. The van der Waals surface area contributed by atoms with Crippen molar-refractivity contribution in [2.45, 2.75) is 25.2 Å². The quantitative estimate of drug-likeness (QED) is 0.466. The Bertz CT molecular complexity index is 1240. The zero-order valence-electron chi connectivity index (χ0n) is 17.3. The Labute approximate surface area is 180 Å². The van der Waals surface area contributed by atoms with Gasteiger partial charge in [-0.05, 0) is 53.4 Å². The van der Waals surface area contributed by atoms with Gasteiger partial charge < -0.3 is 0 Å². The first-order chi connectivity index (χ1) is 14.9. The van der Waals surface area contributed by atoms with E-state index in [1.54, 1.807) is 24.3 Å². The van der Waals surface area contributed by atoms with Crippen molar-refractivity contribution in [2.75, 3.05) is 4.90 Å². The molecular formula is C27H21NO3. The van der Waals surface area contributed by atoms with Crippen molar-refractivity contribution < 1.29 is 14.4 Å². The average Bonchev–Trinajstić information content (AvgIpc) is 3.06. The van der Waals surface area contributed by atoms with Crippen molar-refractivity contribution in [3.63, 3.8) is 0 Å². The fourth-order valence-electron chi connectivity index (χ4n) is 6.25. The van der Waals surface area contributed by atoms with Gasteiger partial charge in [-0.25, -0.2) is 4.90 Å². The van der Waals surface area contributed by atoms with Gasteiger partial charge in [0.1, 0.15) is 0 Å². The maximum Gasteiger partial charge on any atom is 0.238 e. The smallest absolute Gasteiger partial charge is 0.238 e. The van der Waals surface area contributed by atoms with E-state index in [1.807, 2.05) is 24.3 Å². The number of hydrogen-bond donors (Lipinski definition) is 0. The predicted octanol–water partition coefficient (Wildman–Crippen LogP) is 4.46.